The molecule has 1 saturated carbocycles. The molecule has 0 atom stereocenters. The smallest absolute Gasteiger partial charge is 0.387 e. The van der Waals surface area contributed by atoms with Crippen molar-refractivity contribution in [2.75, 3.05) is 17.3 Å². The lowest BCUT2D eigenvalue weighted by Gasteiger charge is -2.26. The number of nitrogens with zero attached hydrogens (tertiary/aromatic N) is 4. The SMILES string of the molecule is OC1CCC(Nc2nc(Nc3cc(Br)cc(OC(F)F)c3)c3ncn(CCF)c3n2)CC1. The van der Waals surface area contributed by atoms with Crippen LogP contribution in [0.15, 0.2) is 29.0 Å². The molecule has 1 aromatic carbocycles. The summed E-state index contributed by atoms with van der Waals surface area (Å²) in [5.41, 5.74) is 1.30. The predicted octanol–water partition coefficient (Wildman–Crippen LogP) is 4.62. The van der Waals surface area contributed by atoms with Crippen LogP contribution in [0.1, 0.15) is 25.7 Å². The normalized spacial score (nSPS) is 18.8. The van der Waals surface area contributed by atoms with Gasteiger partial charge in [-0.1, -0.05) is 15.9 Å². The monoisotopic (exact) mass is 514 g/mol. The Balaban J connectivity index is 1.67. The number of anilines is 3. The number of alkyl halides is 3. The third-order valence-electron chi connectivity index (χ3n) is 5.18. The zero-order valence-corrected chi connectivity index (χ0v) is 18.5. The molecule has 0 unspecified atom stereocenters. The fourth-order valence-corrected chi connectivity index (χ4v) is 4.17. The van der Waals surface area contributed by atoms with E-state index >= 15 is 0 Å². The molecule has 0 aliphatic heterocycles. The molecule has 4 rings (SSSR count). The number of halogens is 4. The van der Waals surface area contributed by atoms with Crippen LogP contribution in [-0.4, -0.2) is 50.1 Å². The number of aryl methyl sites for hydroxylation is 1. The number of aliphatic hydroxyl groups is 1. The minimum atomic E-state index is -2.95. The van der Waals surface area contributed by atoms with Crippen molar-refractivity contribution >= 4 is 44.5 Å². The van der Waals surface area contributed by atoms with Gasteiger partial charge in [-0.3, -0.25) is 0 Å². The maximum absolute atomic E-state index is 13.0. The van der Waals surface area contributed by atoms with Crippen LogP contribution < -0.4 is 15.4 Å². The lowest BCUT2D eigenvalue weighted by Crippen LogP contribution is -2.29. The second-order valence-electron chi connectivity index (χ2n) is 7.52. The van der Waals surface area contributed by atoms with Crippen molar-refractivity contribution in [3.05, 3.63) is 29.0 Å². The Hall–Kier alpha value is -2.60. The lowest BCUT2D eigenvalue weighted by atomic mass is 9.93. The van der Waals surface area contributed by atoms with Gasteiger partial charge in [0.25, 0.3) is 0 Å². The molecule has 0 radical (unpaired) electrons. The molecule has 3 N–H and O–H groups in total. The van der Waals surface area contributed by atoms with Gasteiger partial charge in [0.1, 0.15) is 12.4 Å². The minimum absolute atomic E-state index is 0.0238. The van der Waals surface area contributed by atoms with Gasteiger partial charge < -0.3 is 25.0 Å². The summed E-state index contributed by atoms with van der Waals surface area (Å²) in [6.45, 7) is -3.45. The highest BCUT2D eigenvalue weighted by atomic mass is 79.9. The summed E-state index contributed by atoms with van der Waals surface area (Å²) in [5, 5.41) is 16.1. The Morgan fingerprint density at radius 2 is 1.97 bits per heavy atom. The van der Waals surface area contributed by atoms with Crippen LogP contribution in [0.5, 0.6) is 5.75 Å². The number of imidazole rings is 1. The summed E-state index contributed by atoms with van der Waals surface area (Å²) in [6, 6.07) is 4.62. The standard InChI is InChI=1S/C20H22BrF3N6O2/c21-11-7-13(9-15(8-11)32-19(23)24)26-17-16-18(30(6-5-22)10-25-16)29-20(28-17)27-12-1-3-14(31)4-2-12/h7-10,12,14,19,31H,1-6H2,(H2,26,27,28,29). The van der Waals surface area contributed by atoms with Crippen molar-refractivity contribution in [3.8, 4) is 5.75 Å². The van der Waals surface area contributed by atoms with Gasteiger partial charge in [-0.05, 0) is 37.8 Å². The average Bonchev–Trinajstić information content (AvgIpc) is 3.12. The van der Waals surface area contributed by atoms with Crippen LogP contribution in [0.4, 0.5) is 30.6 Å². The summed E-state index contributed by atoms with van der Waals surface area (Å²) >= 11 is 3.28. The molecular formula is C20H22BrF3N6O2. The quantitative estimate of drug-likeness (QED) is 0.403. The molecule has 0 bridgehead atoms. The molecule has 2 aromatic heterocycles. The van der Waals surface area contributed by atoms with E-state index in [1.54, 1.807) is 10.6 Å². The highest BCUT2D eigenvalue weighted by molar-refractivity contribution is 9.10. The van der Waals surface area contributed by atoms with E-state index in [9.17, 15) is 18.3 Å². The van der Waals surface area contributed by atoms with Crippen LogP contribution in [-0.2, 0) is 6.54 Å². The van der Waals surface area contributed by atoms with E-state index in [2.05, 4.69) is 46.3 Å². The molecule has 3 aromatic rings. The van der Waals surface area contributed by atoms with Crippen LogP contribution in [0, 0.1) is 0 Å². The Kier molecular flexibility index (Phi) is 6.99. The number of nitrogens with one attached hydrogen (secondary N) is 2. The number of benzene rings is 1. The van der Waals surface area contributed by atoms with E-state index in [-0.39, 0.29) is 24.4 Å². The molecule has 0 amide bonds. The van der Waals surface area contributed by atoms with Crippen LogP contribution in [0.25, 0.3) is 11.2 Å². The zero-order valence-electron chi connectivity index (χ0n) is 16.9. The zero-order chi connectivity index (χ0) is 22.7. The van der Waals surface area contributed by atoms with Crippen molar-refractivity contribution in [1.82, 2.24) is 19.5 Å². The molecule has 8 nitrogen and oxygen atoms in total. The van der Waals surface area contributed by atoms with E-state index in [0.29, 0.717) is 45.9 Å². The number of aliphatic hydroxyl groups excluding tert-OH is 1. The minimum Gasteiger partial charge on any atom is -0.435 e. The third-order valence-corrected chi connectivity index (χ3v) is 5.64. The molecular weight excluding hydrogens is 493 g/mol. The molecule has 1 aliphatic rings. The molecule has 0 spiro atoms. The Morgan fingerprint density at radius 1 is 1.19 bits per heavy atom. The summed E-state index contributed by atoms with van der Waals surface area (Å²) in [5.74, 6) is 0.650. The fourth-order valence-electron chi connectivity index (χ4n) is 3.70. The number of rotatable bonds is 8. The van der Waals surface area contributed by atoms with Crippen molar-refractivity contribution in [1.29, 1.82) is 0 Å². The van der Waals surface area contributed by atoms with Gasteiger partial charge in [-0.2, -0.15) is 18.7 Å². The van der Waals surface area contributed by atoms with Gasteiger partial charge in [-0.15, -0.1) is 0 Å². The van der Waals surface area contributed by atoms with E-state index < -0.39 is 13.3 Å². The second kappa shape index (κ2) is 9.90. The van der Waals surface area contributed by atoms with Gasteiger partial charge in [0.05, 0.1) is 19.0 Å². The Morgan fingerprint density at radius 3 is 2.69 bits per heavy atom. The number of hydrogen-bond acceptors (Lipinski definition) is 7. The van der Waals surface area contributed by atoms with Crippen LogP contribution in [0.3, 0.4) is 0 Å². The summed E-state index contributed by atoms with van der Waals surface area (Å²) in [6.07, 6.45) is 4.12. The topological polar surface area (TPSA) is 97.1 Å². The van der Waals surface area contributed by atoms with E-state index in [0.717, 1.165) is 12.8 Å². The molecule has 32 heavy (non-hydrogen) atoms. The number of ether oxygens (including phenoxy) is 1. The van der Waals surface area contributed by atoms with Crippen LogP contribution >= 0.6 is 15.9 Å². The first-order valence-corrected chi connectivity index (χ1v) is 11.0. The van der Waals surface area contributed by atoms with Gasteiger partial charge >= 0.3 is 6.61 Å². The largest absolute Gasteiger partial charge is 0.435 e. The number of aromatic nitrogens is 4. The predicted molar refractivity (Wildman–Crippen MR) is 117 cm³/mol. The van der Waals surface area contributed by atoms with Gasteiger partial charge in [0.2, 0.25) is 5.95 Å². The van der Waals surface area contributed by atoms with Gasteiger partial charge in [0.15, 0.2) is 17.0 Å². The Bertz CT molecular complexity index is 1070. The highest BCUT2D eigenvalue weighted by Gasteiger charge is 2.21. The molecule has 1 fully saturated rings. The molecule has 172 valence electrons. The first-order valence-electron chi connectivity index (χ1n) is 10.2. The average molecular weight is 515 g/mol. The van der Waals surface area contributed by atoms with Crippen molar-refractivity contribution in [2.45, 2.75) is 51.0 Å². The first kappa shape index (κ1) is 22.6. The third kappa shape index (κ3) is 5.41. The first-order chi connectivity index (χ1) is 15.4. The van der Waals surface area contributed by atoms with E-state index in [1.165, 1.54) is 18.5 Å². The molecule has 12 heteroatoms. The summed E-state index contributed by atoms with van der Waals surface area (Å²) < 4.78 is 44.9. The van der Waals surface area contributed by atoms with Gasteiger partial charge in [0, 0.05) is 22.3 Å². The Labute approximate surface area is 190 Å². The number of hydrogen-bond donors (Lipinski definition) is 3. The molecule has 1 aliphatic carbocycles. The van der Waals surface area contributed by atoms with Crippen LogP contribution in [0.2, 0.25) is 0 Å². The van der Waals surface area contributed by atoms with E-state index in [4.69, 9.17) is 0 Å². The molecule has 2 heterocycles. The van der Waals surface area contributed by atoms with Gasteiger partial charge in [-0.25, -0.2) is 9.37 Å². The number of fused-ring (bicyclic) bond motifs is 1. The van der Waals surface area contributed by atoms with Crippen molar-refractivity contribution in [3.63, 3.8) is 0 Å². The maximum Gasteiger partial charge on any atom is 0.387 e. The second-order valence-corrected chi connectivity index (χ2v) is 8.44. The summed E-state index contributed by atoms with van der Waals surface area (Å²) in [4.78, 5) is 13.4. The maximum atomic E-state index is 13.0. The van der Waals surface area contributed by atoms with E-state index in [1.807, 2.05) is 0 Å². The highest BCUT2D eigenvalue weighted by Crippen LogP contribution is 2.31. The fraction of sp³-hybridized carbons (Fsp3) is 0.450. The summed E-state index contributed by atoms with van der Waals surface area (Å²) in [7, 11) is 0. The lowest BCUT2D eigenvalue weighted by molar-refractivity contribution is -0.0498. The van der Waals surface area contributed by atoms with Crippen molar-refractivity contribution in [2.24, 2.45) is 0 Å². The molecule has 0 saturated heterocycles. The van der Waals surface area contributed by atoms with Crippen molar-refractivity contribution < 1.29 is 23.0 Å².